The highest BCUT2D eigenvalue weighted by Gasteiger charge is 2.09. The van der Waals surface area contributed by atoms with Gasteiger partial charge in [-0.15, -0.1) is 0 Å². The van der Waals surface area contributed by atoms with Crippen LogP contribution in [-0.2, 0) is 0 Å². The number of nitrogens with two attached hydrogens (primary N) is 1. The fourth-order valence-corrected chi connectivity index (χ4v) is 2.27. The molecule has 102 valence electrons. The molecule has 0 fully saturated rings. The first-order chi connectivity index (χ1) is 9.80. The summed E-state index contributed by atoms with van der Waals surface area (Å²) in [4.78, 5) is 9.02. The Kier molecular flexibility index (Phi) is 3.48. The van der Waals surface area contributed by atoms with Gasteiger partial charge in [-0.3, -0.25) is 4.99 Å². The van der Waals surface area contributed by atoms with Crippen LogP contribution in [0.3, 0.4) is 0 Å². The Labute approximate surface area is 117 Å². The van der Waals surface area contributed by atoms with E-state index in [1.807, 2.05) is 37.3 Å². The van der Waals surface area contributed by atoms with E-state index in [1.165, 1.54) is 5.69 Å². The van der Waals surface area contributed by atoms with Gasteiger partial charge in [-0.1, -0.05) is 0 Å². The van der Waals surface area contributed by atoms with Crippen molar-refractivity contribution >= 4 is 16.8 Å². The van der Waals surface area contributed by atoms with Gasteiger partial charge in [0.05, 0.1) is 11.9 Å². The van der Waals surface area contributed by atoms with Gasteiger partial charge in [0.1, 0.15) is 16.9 Å². The van der Waals surface area contributed by atoms with Gasteiger partial charge in [0.15, 0.2) is 11.3 Å². The first-order valence-corrected chi connectivity index (χ1v) is 6.98. The fourth-order valence-electron chi connectivity index (χ4n) is 2.27. The molecule has 0 amide bonds. The molecular weight excluding hydrogens is 250 g/mol. The zero-order valence-corrected chi connectivity index (χ0v) is 11.8. The number of fused-ring (bicyclic) bond motifs is 2. The van der Waals surface area contributed by atoms with Crippen LogP contribution in [0.4, 0.5) is 5.69 Å². The molecule has 3 rings (SSSR count). The lowest BCUT2D eigenvalue weighted by Gasteiger charge is -2.06. The number of hydrogen-bond acceptors (Lipinski definition) is 3. The number of rotatable bonds is 3. The standard InChI is InChI=1S/C16H17N3O/c1-3-17-11-5-7-13-15(9-11)20-16-10-12(18-4-2)6-8-14(16)19-13/h5-10,17H,3-4H2,1-2H3/p+1. The Bertz CT molecular complexity index is 776. The summed E-state index contributed by atoms with van der Waals surface area (Å²) in [5.41, 5.74) is 3.72. The first kappa shape index (κ1) is 12.8. The lowest BCUT2D eigenvalue weighted by molar-refractivity contribution is -0.567. The third kappa shape index (κ3) is 2.42. The molecule has 1 aromatic carbocycles. The van der Waals surface area contributed by atoms with Crippen LogP contribution in [0.5, 0.6) is 0 Å². The maximum atomic E-state index is 5.98. The van der Waals surface area contributed by atoms with Crippen molar-refractivity contribution in [1.29, 1.82) is 0 Å². The minimum atomic E-state index is 0.766. The number of nitrogens with zero attached hydrogens (tertiary/aromatic N) is 2. The van der Waals surface area contributed by atoms with E-state index in [0.29, 0.717) is 0 Å². The van der Waals surface area contributed by atoms with Crippen molar-refractivity contribution in [2.75, 3.05) is 13.1 Å². The quantitative estimate of drug-likeness (QED) is 0.584. The largest absolute Gasteiger partial charge is 0.452 e. The second kappa shape index (κ2) is 5.43. The Hall–Kier alpha value is -2.20. The molecule has 0 aromatic heterocycles. The molecule has 4 nitrogen and oxygen atoms in total. The molecule has 0 saturated carbocycles. The molecule has 1 aromatic rings. The summed E-state index contributed by atoms with van der Waals surface area (Å²) in [6, 6.07) is 12.0. The minimum absolute atomic E-state index is 0.766. The molecule has 4 heteroatoms. The third-order valence-corrected chi connectivity index (χ3v) is 3.17. The van der Waals surface area contributed by atoms with E-state index in [2.05, 4.69) is 28.3 Å². The van der Waals surface area contributed by atoms with E-state index >= 15 is 0 Å². The average Bonchev–Trinajstić information content (AvgIpc) is 2.46. The van der Waals surface area contributed by atoms with Crippen molar-refractivity contribution in [2.45, 2.75) is 13.8 Å². The Morgan fingerprint density at radius 3 is 2.85 bits per heavy atom. The molecule has 1 aliphatic carbocycles. The average molecular weight is 268 g/mol. The second-order valence-corrected chi connectivity index (χ2v) is 4.68. The van der Waals surface area contributed by atoms with Gasteiger partial charge in [0.25, 0.3) is 0 Å². The third-order valence-electron chi connectivity index (χ3n) is 3.17. The van der Waals surface area contributed by atoms with Crippen molar-refractivity contribution in [1.82, 2.24) is 4.98 Å². The van der Waals surface area contributed by atoms with E-state index in [9.17, 15) is 0 Å². The zero-order chi connectivity index (χ0) is 13.9. The van der Waals surface area contributed by atoms with Crippen LogP contribution in [-0.4, -0.2) is 18.1 Å². The van der Waals surface area contributed by atoms with E-state index in [1.54, 1.807) is 0 Å². The Morgan fingerprint density at radius 2 is 2.05 bits per heavy atom. The summed E-state index contributed by atoms with van der Waals surface area (Å²) in [6.45, 7) is 5.92. The Morgan fingerprint density at radius 1 is 1.15 bits per heavy atom. The van der Waals surface area contributed by atoms with Crippen LogP contribution in [0.1, 0.15) is 13.8 Å². The molecule has 0 atom stereocenters. The van der Waals surface area contributed by atoms with Gasteiger partial charge in [-0.05, 0) is 32.0 Å². The molecule has 0 saturated heterocycles. The normalized spacial score (nSPS) is 12.4. The summed E-state index contributed by atoms with van der Waals surface area (Å²) in [6.07, 6.45) is 0. The zero-order valence-electron chi connectivity index (χ0n) is 11.8. The summed E-state index contributed by atoms with van der Waals surface area (Å²) in [7, 11) is 0. The topological polar surface area (TPSA) is 55.0 Å². The number of hydrogen-bond donors (Lipinski definition) is 1. The van der Waals surface area contributed by atoms with E-state index in [-0.39, 0.29) is 0 Å². The first-order valence-electron chi connectivity index (χ1n) is 6.98. The molecular formula is C16H18N3O+. The van der Waals surface area contributed by atoms with Crippen molar-refractivity contribution < 1.29 is 9.73 Å². The monoisotopic (exact) mass is 268 g/mol. The van der Waals surface area contributed by atoms with Crippen LogP contribution < -0.4 is 10.7 Å². The van der Waals surface area contributed by atoms with Crippen LogP contribution in [0.2, 0.25) is 0 Å². The summed E-state index contributed by atoms with van der Waals surface area (Å²) >= 11 is 0. The van der Waals surface area contributed by atoms with E-state index in [0.717, 1.165) is 41.0 Å². The minimum Gasteiger partial charge on any atom is -0.452 e. The van der Waals surface area contributed by atoms with Crippen molar-refractivity contribution in [3.05, 3.63) is 41.8 Å². The molecule has 0 unspecified atom stereocenters. The predicted molar refractivity (Wildman–Crippen MR) is 78.9 cm³/mol. The Balaban J connectivity index is 2.20. The molecule has 0 bridgehead atoms. The predicted octanol–water partition coefficient (Wildman–Crippen LogP) is 2.07. The summed E-state index contributed by atoms with van der Waals surface area (Å²) < 4.78 is 5.98. The molecule has 1 aliphatic heterocycles. The fraction of sp³-hybridized carbons (Fsp3) is 0.250. The molecule has 2 N–H and O–H groups in total. The van der Waals surface area contributed by atoms with Crippen molar-refractivity contribution in [3.8, 4) is 11.5 Å². The van der Waals surface area contributed by atoms with Gasteiger partial charge in [-0.25, -0.2) is 4.98 Å². The smallest absolute Gasteiger partial charge is 0.159 e. The lowest BCUT2D eigenvalue weighted by Crippen LogP contribution is -2.77. The number of aromatic nitrogens is 1. The van der Waals surface area contributed by atoms with Gasteiger partial charge in [0.2, 0.25) is 0 Å². The van der Waals surface area contributed by atoms with Crippen molar-refractivity contribution in [3.63, 3.8) is 0 Å². The van der Waals surface area contributed by atoms with Crippen LogP contribution in [0.15, 0.2) is 45.8 Å². The lowest BCUT2D eigenvalue weighted by atomic mass is 10.2. The maximum Gasteiger partial charge on any atom is 0.159 e. The number of quaternary nitrogens is 1. The highest BCUT2D eigenvalue weighted by Crippen LogP contribution is 2.24. The SMILES string of the molecule is CCN=c1ccc2nc3ccc([NH2+]CC)cc3oc-2c1. The highest BCUT2D eigenvalue weighted by atomic mass is 16.3. The second-order valence-electron chi connectivity index (χ2n) is 4.68. The summed E-state index contributed by atoms with van der Waals surface area (Å²) in [5.74, 6) is 0.779. The molecule has 0 spiro atoms. The molecule has 1 heterocycles. The van der Waals surface area contributed by atoms with E-state index < -0.39 is 0 Å². The van der Waals surface area contributed by atoms with Gasteiger partial charge in [-0.2, -0.15) is 0 Å². The van der Waals surface area contributed by atoms with Gasteiger partial charge < -0.3 is 9.73 Å². The van der Waals surface area contributed by atoms with Crippen molar-refractivity contribution in [2.24, 2.45) is 4.99 Å². The maximum absolute atomic E-state index is 5.98. The van der Waals surface area contributed by atoms with Gasteiger partial charge >= 0.3 is 0 Å². The van der Waals surface area contributed by atoms with Crippen LogP contribution >= 0.6 is 0 Å². The summed E-state index contributed by atoms with van der Waals surface area (Å²) in [5, 5.41) is 3.10. The van der Waals surface area contributed by atoms with Crippen LogP contribution in [0, 0.1) is 0 Å². The molecule has 2 aliphatic rings. The van der Waals surface area contributed by atoms with E-state index in [4.69, 9.17) is 4.42 Å². The number of benzene rings is 2. The van der Waals surface area contributed by atoms with Gasteiger partial charge in [0, 0.05) is 24.7 Å². The van der Waals surface area contributed by atoms with Crippen LogP contribution in [0.25, 0.3) is 22.6 Å². The molecule has 20 heavy (non-hydrogen) atoms. The molecule has 0 radical (unpaired) electrons. The highest BCUT2D eigenvalue weighted by molar-refractivity contribution is 5.78.